The van der Waals surface area contributed by atoms with Crippen LogP contribution in [-0.2, 0) is 0 Å². The second-order valence-corrected chi connectivity index (χ2v) is 5.78. The van der Waals surface area contributed by atoms with E-state index in [1.807, 2.05) is 0 Å². The van der Waals surface area contributed by atoms with Gasteiger partial charge in [-0.05, 0) is 44.0 Å². The van der Waals surface area contributed by atoms with Gasteiger partial charge < -0.3 is 25.6 Å². The van der Waals surface area contributed by atoms with Gasteiger partial charge in [0.15, 0.2) is 0 Å². The average Bonchev–Trinajstić information content (AvgIpc) is 2.57. The molecule has 6 nitrogen and oxygen atoms in total. The van der Waals surface area contributed by atoms with Crippen molar-refractivity contribution in [2.45, 2.75) is 44.2 Å². The summed E-state index contributed by atoms with van der Waals surface area (Å²) in [4.78, 5) is 12.6. The Morgan fingerprint density at radius 1 is 1.39 bits per heavy atom. The fourth-order valence-corrected chi connectivity index (χ4v) is 2.73. The molecule has 1 aliphatic rings. The highest BCUT2D eigenvalue weighted by Crippen LogP contribution is 2.25. The summed E-state index contributed by atoms with van der Waals surface area (Å²) in [6.07, 6.45) is 3.76. The summed E-state index contributed by atoms with van der Waals surface area (Å²) >= 11 is 0. The molecule has 1 saturated carbocycles. The van der Waals surface area contributed by atoms with E-state index in [0.717, 1.165) is 25.7 Å². The van der Waals surface area contributed by atoms with Gasteiger partial charge in [0.1, 0.15) is 11.5 Å². The van der Waals surface area contributed by atoms with Crippen molar-refractivity contribution in [3.63, 3.8) is 0 Å². The van der Waals surface area contributed by atoms with Gasteiger partial charge in [-0.1, -0.05) is 12.8 Å². The van der Waals surface area contributed by atoms with Crippen molar-refractivity contribution in [3.8, 4) is 11.5 Å². The average molecular weight is 322 g/mol. The summed E-state index contributed by atoms with van der Waals surface area (Å²) in [5.74, 6) is 0.838. The Morgan fingerprint density at radius 2 is 2.17 bits per heavy atom. The van der Waals surface area contributed by atoms with Gasteiger partial charge in [-0.25, -0.2) is 0 Å². The number of aliphatic hydroxyl groups is 1. The van der Waals surface area contributed by atoms with E-state index in [1.165, 1.54) is 0 Å². The maximum Gasteiger partial charge on any atom is 0.255 e. The van der Waals surface area contributed by atoms with Crippen LogP contribution in [0.25, 0.3) is 0 Å². The second-order valence-electron chi connectivity index (χ2n) is 5.78. The van der Waals surface area contributed by atoms with Gasteiger partial charge in [-0.3, -0.25) is 4.79 Å². The lowest BCUT2D eigenvalue weighted by atomic mass is 9.92. The van der Waals surface area contributed by atoms with Crippen LogP contribution in [0.5, 0.6) is 11.5 Å². The molecular weight excluding hydrogens is 296 g/mol. The lowest BCUT2D eigenvalue weighted by Crippen LogP contribution is -2.45. The van der Waals surface area contributed by atoms with Crippen LogP contribution in [0.4, 0.5) is 0 Å². The van der Waals surface area contributed by atoms with Crippen molar-refractivity contribution >= 4 is 5.91 Å². The first-order chi connectivity index (χ1) is 11.2. The van der Waals surface area contributed by atoms with Gasteiger partial charge in [-0.15, -0.1) is 0 Å². The van der Waals surface area contributed by atoms with E-state index in [2.05, 4.69) is 5.32 Å². The minimum atomic E-state index is -0.486. The maximum atomic E-state index is 12.6. The van der Waals surface area contributed by atoms with Gasteiger partial charge in [0.25, 0.3) is 5.91 Å². The largest absolute Gasteiger partial charge is 0.497 e. The molecule has 0 radical (unpaired) electrons. The number of hydrogen-bond donors (Lipinski definition) is 3. The number of carbonyl (C=O) groups excluding carboxylic acids is 1. The van der Waals surface area contributed by atoms with E-state index < -0.39 is 6.10 Å². The number of aliphatic hydroxyl groups excluding tert-OH is 1. The molecule has 2 atom stereocenters. The second kappa shape index (κ2) is 8.74. The minimum Gasteiger partial charge on any atom is -0.497 e. The first kappa shape index (κ1) is 17.6. The quantitative estimate of drug-likeness (QED) is 0.661. The first-order valence-corrected chi connectivity index (χ1v) is 8.15. The number of hydrogen-bond acceptors (Lipinski definition) is 5. The minimum absolute atomic E-state index is 0.209. The van der Waals surface area contributed by atoms with Crippen LogP contribution in [-0.4, -0.2) is 43.4 Å². The third-order valence-electron chi connectivity index (χ3n) is 4.08. The number of carbonyl (C=O) groups is 1. The zero-order chi connectivity index (χ0) is 16.7. The molecule has 1 aromatic carbocycles. The zero-order valence-electron chi connectivity index (χ0n) is 13.6. The number of methoxy groups -OCH3 is 1. The van der Waals surface area contributed by atoms with E-state index in [0.29, 0.717) is 36.6 Å². The summed E-state index contributed by atoms with van der Waals surface area (Å²) in [5, 5.41) is 12.9. The third kappa shape index (κ3) is 4.84. The van der Waals surface area contributed by atoms with Crippen LogP contribution < -0.4 is 20.5 Å². The highest BCUT2D eigenvalue weighted by atomic mass is 16.5. The SMILES string of the molecule is COc1ccc(OCCCN)c(C(=O)N[C@@H]2CCCC[C@H]2O)c1. The molecular formula is C17H26N2O4. The smallest absolute Gasteiger partial charge is 0.255 e. The van der Waals surface area contributed by atoms with Crippen LogP contribution in [0.3, 0.4) is 0 Å². The molecule has 0 heterocycles. The molecule has 0 saturated heterocycles. The molecule has 0 spiro atoms. The molecule has 0 bridgehead atoms. The van der Waals surface area contributed by atoms with Crippen molar-refractivity contribution in [2.24, 2.45) is 5.73 Å². The number of ether oxygens (including phenoxy) is 2. The van der Waals surface area contributed by atoms with Gasteiger partial charge in [-0.2, -0.15) is 0 Å². The van der Waals surface area contributed by atoms with E-state index in [9.17, 15) is 9.90 Å². The summed E-state index contributed by atoms with van der Waals surface area (Å²) < 4.78 is 10.8. The van der Waals surface area contributed by atoms with Crippen molar-refractivity contribution in [3.05, 3.63) is 23.8 Å². The van der Waals surface area contributed by atoms with E-state index in [4.69, 9.17) is 15.2 Å². The molecule has 1 amide bonds. The topological polar surface area (TPSA) is 93.8 Å². The lowest BCUT2D eigenvalue weighted by molar-refractivity contribution is 0.0714. The summed E-state index contributed by atoms with van der Waals surface area (Å²) in [7, 11) is 1.55. The Morgan fingerprint density at radius 3 is 2.87 bits per heavy atom. The summed E-state index contributed by atoms with van der Waals surface area (Å²) in [6.45, 7) is 0.987. The van der Waals surface area contributed by atoms with Gasteiger partial charge in [0.2, 0.25) is 0 Å². The number of benzene rings is 1. The molecule has 4 N–H and O–H groups in total. The van der Waals surface area contributed by atoms with Crippen molar-refractivity contribution in [1.29, 1.82) is 0 Å². The highest BCUT2D eigenvalue weighted by molar-refractivity contribution is 5.97. The van der Waals surface area contributed by atoms with E-state index in [-0.39, 0.29) is 11.9 Å². The molecule has 0 aromatic heterocycles. The van der Waals surface area contributed by atoms with Crippen LogP contribution in [0, 0.1) is 0 Å². The number of amides is 1. The fraction of sp³-hybridized carbons (Fsp3) is 0.588. The summed E-state index contributed by atoms with van der Waals surface area (Å²) in [6, 6.07) is 4.92. The van der Waals surface area contributed by atoms with Crippen molar-refractivity contribution in [1.82, 2.24) is 5.32 Å². The summed E-state index contributed by atoms with van der Waals surface area (Å²) in [5.41, 5.74) is 5.88. The van der Waals surface area contributed by atoms with Gasteiger partial charge in [0.05, 0.1) is 31.4 Å². The number of nitrogens with two attached hydrogens (primary N) is 1. The zero-order valence-corrected chi connectivity index (χ0v) is 13.6. The van der Waals surface area contributed by atoms with E-state index >= 15 is 0 Å². The Bertz CT molecular complexity index is 521. The highest BCUT2D eigenvalue weighted by Gasteiger charge is 2.26. The van der Waals surface area contributed by atoms with Crippen molar-refractivity contribution in [2.75, 3.05) is 20.3 Å². The standard InChI is InChI=1S/C17H26N2O4/c1-22-12-7-8-16(23-10-4-9-18)13(11-12)17(21)19-14-5-2-3-6-15(14)20/h7-8,11,14-15,20H,2-6,9-10,18H2,1H3,(H,19,21)/t14-,15-/m1/s1. The molecule has 23 heavy (non-hydrogen) atoms. The van der Waals surface area contributed by atoms with Crippen molar-refractivity contribution < 1.29 is 19.4 Å². The fourth-order valence-electron chi connectivity index (χ4n) is 2.73. The Labute approximate surface area is 137 Å². The third-order valence-corrected chi connectivity index (χ3v) is 4.08. The molecule has 6 heteroatoms. The molecule has 1 aliphatic carbocycles. The Kier molecular flexibility index (Phi) is 6.67. The number of rotatable bonds is 7. The molecule has 1 fully saturated rings. The Hall–Kier alpha value is -1.79. The molecule has 0 aliphatic heterocycles. The lowest BCUT2D eigenvalue weighted by Gasteiger charge is -2.28. The Balaban J connectivity index is 2.12. The normalized spacial score (nSPS) is 20.8. The van der Waals surface area contributed by atoms with E-state index in [1.54, 1.807) is 25.3 Å². The first-order valence-electron chi connectivity index (χ1n) is 8.15. The molecule has 0 unspecified atom stereocenters. The predicted octanol–water partition coefficient (Wildman–Crippen LogP) is 1.46. The van der Waals surface area contributed by atoms with Crippen LogP contribution in [0.2, 0.25) is 0 Å². The molecule has 128 valence electrons. The van der Waals surface area contributed by atoms with Crippen LogP contribution >= 0.6 is 0 Å². The van der Waals surface area contributed by atoms with Crippen LogP contribution in [0.15, 0.2) is 18.2 Å². The van der Waals surface area contributed by atoms with Gasteiger partial charge in [0, 0.05) is 0 Å². The monoisotopic (exact) mass is 322 g/mol. The van der Waals surface area contributed by atoms with Gasteiger partial charge >= 0.3 is 0 Å². The predicted molar refractivity (Wildman–Crippen MR) is 87.9 cm³/mol. The van der Waals surface area contributed by atoms with Crippen LogP contribution in [0.1, 0.15) is 42.5 Å². The molecule has 2 rings (SSSR count). The maximum absolute atomic E-state index is 12.6. The molecule has 1 aromatic rings. The number of nitrogens with one attached hydrogen (secondary N) is 1.